The molecule has 194 valence electrons. The van der Waals surface area contributed by atoms with Crippen LogP contribution in [-0.2, 0) is 33.2 Å². The van der Waals surface area contributed by atoms with E-state index in [2.05, 4.69) is 10.2 Å². The number of ketones is 1. The van der Waals surface area contributed by atoms with Gasteiger partial charge in [0, 0.05) is 25.7 Å². The van der Waals surface area contributed by atoms with Crippen LogP contribution in [0, 0.1) is 0 Å². The van der Waals surface area contributed by atoms with Crippen LogP contribution in [0.25, 0.3) is 0 Å². The number of amides is 1. The van der Waals surface area contributed by atoms with Gasteiger partial charge in [0.1, 0.15) is 12.2 Å². The fourth-order valence-corrected chi connectivity index (χ4v) is 3.06. The molecule has 0 atom stereocenters. The van der Waals surface area contributed by atoms with Crippen LogP contribution in [-0.4, -0.2) is 114 Å². The maximum atomic E-state index is 11.8. The predicted molar refractivity (Wildman–Crippen MR) is 124 cm³/mol. The lowest BCUT2D eigenvalue weighted by Gasteiger charge is -2.32. The first-order valence-electron chi connectivity index (χ1n) is 11.9. The van der Waals surface area contributed by atoms with Crippen molar-refractivity contribution in [3.8, 4) is 0 Å². The minimum atomic E-state index is -0.470. The number of likely N-dealkylation sites (tertiary alicyclic amines) is 1. The van der Waals surface area contributed by atoms with E-state index in [4.69, 9.17) is 28.4 Å². The van der Waals surface area contributed by atoms with Gasteiger partial charge in [0.05, 0.1) is 59.5 Å². The van der Waals surface area contributed by atoms with Crippen LogP contribution in [0.1, 0.15) is 40.5 Å². The van der Waals surface area contributed by atoms with Crippen molar-refractivity contribution in [1.82, 2.24) is 10.2 Å². The Balaban J connectivity index is 1.82. The zero-order chi connectivity index (χ0) is 24.4. The third kappa shape index (κ3) is 18.8. The van der Waals surface area contributed by atoms with Gasteiger partial charge in [-0.3, -0.25) is 4.79 Å². The minimum absolute atomic E-state index is 0.00923. The molecule has 0 bridgehead atoms. The van der Waals surface area contributed by atoms with Gasteiger partial charge in [0.2, 0.25) is 0 Å². The first kappa shape index (κ1) is 29.7. The molecule has 0 radical (unpaired) electrons. The lowest BCUT2D eigenvalue weighted by Crippen LogP contribution is -2.46. The number of carbonyl (C=O) groups excluding carboxylic acids is 2. The number of Topliss-reactive ketones (excluding diaryl/α,β-unsaturated/α-hetero) is 1. The summed E-state index contributed by atoms with van der Waals surface area (Å²) in [5, 5.41) is 2.95. The zero-order valence-electron chi connectivity index (χ0n) is 20.9. The largest absolute Gasteiger partial charge is 0.444 e. The van der Waals surface area contributed by atoms with Crippen LogP contribution in [0.15, 0.2) is 0 Å². The van der Waals surface area contributed by atoms with Gasteiger partial charge < -0.3 is 38.6 Å². The summed E-state index contributed by atoms with van der Waals surface area (Å²) in [6, 6.07) is 0.172. The third-order valence-electron chi connectivity index (χ3n) is 4.65. The fourth-order valence-electron chi connectivity index (χ4n) is 3.06. The number of alkyl carbamates (subject to hydrolysis) is 1. The summed E-state index contributed by atoms with van der Waals surface area (Å²) in [7, 11) is 0. The molecule has 1 saturated heterocycles. The quantitative estimate of drug-likeness (QED) is 0.296. The van der Waals surface area contributed by atoms with Crippen LogP contribution < -0.4 is 5.32 Å². The molecule has 1 fully saturated rings. The molecule has 0 aliphatic carbocycles. The van der Waals surface area contributed by atoms with Crippen LogP contribution in [0.2, 0.25) is 0 Å². The molecular formula is C23H44N2O8. The van der Waals surface area contributed by atoms with Gasteiger partial charge in [-0.15, -0.1) is 0 Å². The van der Waals surface area contributed by atoms with E-state index in [1.165, 1.54) is 6.92 Å². The molecule has 1 aliphatic rings. The molecule has 1 N–H and O–H groups in total. The van der Waals surface area contributed by atoms with Gasteiger partial charge in [-0.2, -0.15) is 0 Å². The van der Waals surface area contributed by atoms with Gasteiger partial charge >= 0.3 is 6.09 Å². The molecule has 10 heteroatoms. The first-order valence-corrected chi connectivity index (χ1v) is 11.9. The van der Waals surface area contributed by atoms with Crippen LogP contribution in [0.4, 0.5) is 4.79 Å². The molecule has 0 aromatic rings. The second-order valence-electron chi connectivity index (χ2n) is 8.97. The van der Waals surface area contributed by atoms with Gasteiger partial charge in [0.15, 0.2) is 5.78 Å². The summed E-state index contributed by atoms with van der Waals surface area (Å²) in [5.74, 6) is 0.00923. The summed E-state index contributed by atoms with van der Waals surface area (Å²) in [6.45, 7) is 14.6. The fraction of sp³-hybridized carbons (Fsp3) is 0.913. The smallest absolute Gasteiger partial charge is 0.407 e. The van der Waals surface area contributed by atoms with Crippen molar-refractivity contribution in [1.29, 1.82) is 0 Å². The van der Waals surface area contributed by atoms with Crippen LogP contribution in [0.3, 0.4) is 0 Å². The van der Waals surface area contributed by atoms with E-state index in [0.717, 1.165) is 32.5 Å². The van der Waals surface area contributed by atoms with E-state index in [-0.39, 0.29) is 24.5 Å². The van der Waals surface area contributed by atoms with Gasteiger partial charge in [-0.25, -0.2) is 4.79 Å². The number of carbonyl (C=O) groups is 2. The van der Waals surface area contributed by atoms with Crippen molar-refractivity contribution in [2.45, 2.75) is 52.2 Å². The summed E-state index contributed by atoms with van der Waals surface area (Å²) < 4.78 is 32.3. The van der Waals surface area contributed by atoms with E-state index < -0.39 is 5.60 Å². The summed E-state index contributed by atoms with van der Waals surface area (Å²) in [4.78, 5) is 24.9. The number of piperidine rings is 1. The monoisotopic (exact) mass is 476 g/mol. The average molecular weight is 477 g/mol. The van der Waals surface area contributed by atoms with E-state index in [0.29, 0.717) is 59.5 Å². The second-order valence-corrected chi connectivity index (χ2v) is 8.97. The Morgan fingerprint density at radius 3 is 1.70 bits per heavy atom. The normalized spacial score (nSPS) is 15.5. The maximum Gasteiger partial charge on any atom is 0.407 e. The topological polar surface area (TPSA) is 105 Å². The Hall–Kier alpha value is -1.30. The summed E-state index contributed by atoms with van der Waals surface area (Å²) >= 11 is 0. The molecule has 0 aromatic heterocycles. The number of ether oxygens (including phenoxy) is 6. The first-order chi connectivity index (χ1) is 15.8. The highest BCUT2D eigenvalue weighted by Gasteiger charge is 2.23. The van der Waals surface area contributed by atoms with Gasteiger partial charge in [-0.1, -0.05) is 0 Å². The Bertz CT molecular complexity index is 519. The maximum absolute atomic E-state index is 11.8. The van der Waals surface area contributed by atoms with E-state index >= 15 is 0 Å². The van der Waals surface area contributed by atoms with E-state index in [9.17, 15) is 9.59 Å². The Morgan fingerprint density at radius 1 is 0.788 bits per heavy atom. The molecule has 1 heterocycles. The number of rotatable bonds is 18. The molecule has 1 amide bonds. The van der Waals surface area contributed by atoms with E-state index in [1.54, 1.807) is 0 Å². The number of hydrogen-bond acceptors (Lipinski definition) is 9. The highest BCUT2D eigenvalue weighted by molar-refractivity contribution is 5.76. The Morgan fingerprint density at radius 2 is 1.24 bits per heavy atom. The molecule has 0 unspecified atom stereocenters. The van der Waals surface area contributed by atoms with Crippen molar-refractivity contribution < 1.29 is 38.0 Å². The molecule has 0 aromatic carbocycles. The van der Waals surface area contributed by atoms with Gasteiger partial charge in [-0.05, 0) is 40.5 Å². The minimum Gasteiger partial charge on any atom is -0.444 e. The third-order valence-corrected chi connectivity index (χ3v) is 4.65. The van der Waals surface area contributed by atoms with Crippen LogP contribution >= 0.6 is 0 Å². The molecule has 1 rings (SSSR count). The van der Waals surface area contributed by atoms with Crippen molar-refractivity contribution in [3.05, 3.63) is 0 Å². The molecule has 1 aliphatic heterocycles. The number of nitrogens with one attached hydrogen (secondary N) is 1. The van der Waals surface area contributed by atoms with Crippen molar-refractivity contribution in [2.75, 3.05) is 85.7 Å². The standard InChI is InChI=1S/C23H44N2O8/c1-20(26)19-32-18-17-31-16-15-30-14-13-29-12-11-28-10-9-25-7-5-21(6-8-25)24-22(27)33-23(2,3)4/h21H,5-19H2,1-4H3,(H,24,27). The van der Waals surface area contributed by atoms with Crippen molar-refractivity contribution in [2.24, 2.45) is 0 Å². The van der Waals surface area contributed by atoms with Crippen LogP contribution in [0.5, 0.6) is 0 Å². The average Bonchev–Trinajstić information content (AvgIpc) is 2.73. The Kier molecular flexibility index (Phi) is 16.3. The summed E-state index contributed by atoms with van der Waals surface area (Å²) in [6.07, 6.45) is 1.50. The zero-order valence-corrected chi connectivity index (χ0v) is 20.9. The van der Waals surface area contributed by atoms with E-state index in [1.807, 2.05) is 20.8 Å². The van der Waals surface area contributed by atoms with Crippen molar-refractivity contribution >= 4 is 11.9 Å². The highest BCUT2D eigenvalue weighted by atomic mass is 16.6. The molecule has 0 spiro atoms. The highest BCUT2D eigenvalue weighted by Crippen LogP contribution is 2.12. The van der Waals surface area contributed by atoms with Gasteiger partial charge in [0.25, 0.3) is 0 Å². The SMILES string of the molecule is CC(=O)COCCOCCOCCOCCOCCN1CCC(NC(=O)OC(C)(C)C)CC1. The predicted octanol–water partition coefficient (Wildman–Crippen LogP) is 1.65. The molecule has 10 nitrogen and oxygen atoms in total. The second kappa shape index (κ2) is 18.1. The molecular weight excluding hydrogens is 432 g/mol. The summed E-state index contributed by atoms with van der Waals surface area (Å²) in [5.41, 5.74) is -0.470. The molecule has 33 heavy (non-hydrogen) atoms. The Labute approximate surface area is 198 Å². The number of hydrogen-bond donors (Lipinski definition) is 1. The molecule has 0 saturated carbocycles. The number of nitrogens with zero attached hydrogens (tertiary/aromatic N) is 1. The van der Waals surface area contributed by atoms with Crippen molar-refractivity contribution in [3.63, 3.8) is 0 Å². The lowest BCUT2D eigenvalue weighted by atomic mass is 10.1. The lowest BCUT2D eigenvalue weighted by molar-refractivity contribution is -0.122.